The Hall–Kier alpha value is -1.96. The van der Waals surface area contributed by atoms with E-state index >= 15 is 0 Å². The molecule has 0 aliphatic rings. The van der Waals surface area contributed by atoms with Gasteiger partial charge in [-0.15, -0.1) is 5.10 Å². The van der Waals surface area contributed by atoms with Crippen LogP contribution in [0.4, 0.5) is 0 Å². The minimum atomic E-state index is -0.741. The predicted molar refractivity (Wildman–Crippen MR) is 50.5 cm³/mol. The van der Waals surface area contributed by atoms with Gasteiger partial charge in [-0.25, -0.2) is 4.68 Å². The molecule has 0 amide bonds. The SMILES string of the molecule is O=c1[nH][nH]c2nnn(CCCO)c2c1=O. The standard InChI is InChI=1S/C7H9N5O3/c13-3-1-2-12-4-5(14)7(15)10-8-6(4)9-11-12/h13H,1-3H2,(H,8,14)(H,10,15). The highest BCUT2D eigenvalue weighted by Crippen LogP contribution is 1.99. The van der Waals surface area contributed by atoms with Crippen molar-refractivity contribution >= 4 is 11.2 Å². The number of aliphatic hydroxyl groups excluding tert-OH is 1. The summed E-state index contributed by atoms with van der Waals surface area (Å²) < 4.78 is 1.31. The molecule has 2 aromatic heterocycles. The van der Waals surface area contributed by atoms with Crippen LogP contribution in [-0.4, -0.2) is 36.9 Å². The largest absolute Gasteiger partial charge is 0.396 e. The third-order valence-corrected chi connectivity index (χ3v) is 1.98. The van der Waals surface area contributed by atoms with Gasteiger partial charge in [0.05, 0.1) is 0 Å². The first-order chi connectivity index (χ1) is 7.24. The minimum Gasteiger partial charge on any atom is -0.396 e. The van der Waals surface area contributed by atoms with Crippen LogP contribution in [0.5, 0.6) is 0 Å². The number of nitrogens with one attached hydrogen (secondary N) is 2. The normalized spacial score (nSPS) is 11.0. The van der Waals surface area contributed by atoms with Gasteiger partial charge in [0.25, 0.3) is 5.43 Å². The highest BCUT2D eigenvalue weighted by Gasteiger charge is 2.10. The van der Waals surface area contributed by atoms with Gasteiger partial charge < -0.3 is 5.11 Å². The van der Waals surface area contributed by atoms with E-state index in [1.807, 2.05) is 0 Å². The Morgan fingerprint density at radius 2 is 2.13 bits per heavy atom. The first kappa shape index (κ1) is 9.59. The summed E-state index contributed by atoms with van der Waals surface area (Å²) in [4.78, 5) is 22.5. The van der Waals surface area contributed by atoms with Crippen LogP contribution in [0.2, 0.25) is 0 Å². The van der Waals surface area contributed by atoms with E-state index in [9.17, 15) is 9.59 Å². The van der Waals surface area contributed by atoms with Crippen LogP contribution in [0.25, 0.3) is 11.2 Å². The van der Waals surface area contributed by atoms with Gasteiger partial charge in [-0.3, -0.25) is 19.8 Å². The van der Waals surface area contributed by atoms with Crippen LogP contribution in [0.15, 0.2) is 9.59 Å². The second kappa shape index (κ2) is 3.65. The number of aliphatic hydroxyl groups is 1. The molecule has 0 fully saturated rings. The second-order valence-electron chi connectivity index (χ2n) is 3.00. The van der Waals surface area contributed by atoms with E-state index in [0.717, 1.165) is 0 Å². The van der Waals surface area contributed by atoms with Gasteiger partial charge in [-0.05, 0) is 6.42 Å². The third kappa shape index (κ3) is 1.54. The van der Waals surface area contributed by atoms with Gasteiger partial charge >= 0.3 is 5.56 Å². The summed E-state index contributed by atoms with van der Waals surface area (Å²) in [6.45, 7) is 0.335. The fourth-order valence-corrected chi connectivity index (χ4v) is 1.28. The van der Waals surface area contributed by atoms with E-state index in [4.69, 9.17) is 5.11 Å². The van der Waals surface area contributed by atoms with Crippen LogP contribution in [0, 0.1) is 0 Å². The molecule has 8 nitrogen and oxygen atoms in total. The molecule has 0 spiro atoms. The molecule has 2 aromatic rings. The Balaban J connectivity index is 2.62. The van der Waals surface area contributed by atoms with Crippen molar-refractivity contribution in [3.8, 4) is 0 Å². The van der Waals surface area contributed by atoms with Crippen molar-refractivity contribution < 1.29 is 5.11 Å². The van der Waals surface area contributed by atoms with Gasteiger partial charge in [-0.1, -0.05) is 5.21 Å². The van der Waals surface area contributed by atoms with Gasteiger partial charge in [0.15, 0.2) is 11.2 Å². The molecule has 0 saturated heterocycles. The van der Waals surface area contributed by atoms with E-state index in [-0.39, 0.29) is 17.8 Å². The number of hydrogen-bond acceptors (Lipinski definition) is 5. The molecule has 0 unspecified atom stereocenters. The Kier molecular flexibility index (Phi) is 2.34. The Morgan fingerprint density at radius 3 is 2.87 bits per heavy atom. The number of fused-ring (bicyclic) bond motifs is 1. The molecule has 80 valence electrons. The lowest BCUT2D eigenvalue weighted by molar-refractivity contribution is 0.277. The lowest BCUT2D eigenvalue weighted by Gasteiger charge is -1.97. The van der Waals surface area contributed by atoms with Crippen LogP contribution >= 0.6 is 0 Å². The topological polar surface area (TPSA) is 117 Å². The molecule has 0 atom stereocenters. The number of nitrogens with zero attached hydrogens (tertiary/aromatic N) is 3. The van der Waals surface area contributed by atoms with E-state index in [0.29, 0.717) is 13.0 Å². The molecule has 0 saturated carbocycles. The molecule has 0 aromatic carbocycles. The number of aryl methyl sites for hydroxylation is 1. The van der Waals surface area contributed by atoms with Crippen LogP contribution in [0.3, 0.4) is 0 Å². The molecule has 8 heteroatoms. The summed E-state index contributed by atoms with van der Waals surface area (Å²) in [5.74, 6) is 0. The second-order valence-corrected chi connectivity index (χ2v) is 3.00. The average Bonchev–Trinajstić information content (AvgIpc) is 2.64. The van der Waals surface area contributed by atoms with Crippen molar-refractivity contribution in [1.82, 2.24) is 25.2 Å². The van der Waals surface area contributed by atoms with Crippen LogP contribution < -0.4 is 11.0 Å². The quantitative estimate of drug-likeness (QED) is 0.517. The minimum absolute atomic E-state index is 0.0115. The van der Waals surface area contributed by atoms with E-state index in [1.165, 1.54) is 4.68 Å². The summed E-state index contributed by atoms with van der Waals surface area (Å²) in [6.07, 6.45) is 0.449. The zero-order valence-electron chi connectivity index (χ0n) is 7.73. The lowest BCUT2D eigenvalue weighted by atomic mass is 10.4. The molecular formula is C7H9N5O3. The fraction of sp³-hybridized carbons (Fsp3) is 0.429. The van der Waals surface area contributed by atoms with Gasteiger partial charge in [0.1, 0.15) is 0 Å². The summed E-state index contributed by atoms with van der Waals surface area (Å²) in [6, 6.07) is 0. The van der Waals surface area contributed by atoms with Gasteiger partial charge in [-0.2, -0.15) is 0 Å². The van der Waals surface area contributed by atoms with Crippen LogP contribution in [0.1, 0.15) is 6.42 Å². The summed E-state index contributed by atoms with van der Waals surface area (Å²) >= 11 is 0. The molecular weight excluding hydrogens is 202 g/mol. The van der Waals surface area contributed by atoms with Gasteiger partial charge in [0.2, 0.25) is 0 Å². The Labute approximate surface area is 82.5 Å². The molecule has 2 heterocycles. The highest BCUT2D eigenvalue weighted by atomic mass is 16.3. The van der Waals surface area contributed by atoms with E-state index in [1.54, 1.807) is 0 Å². The molecule has 0 aliphatic carbocycles. The molecule has 15 heavy (non-hydrogen) atoms. The zero-order valence-corrected chi connectivity index (χ0v) is 7.73. The van der Waals surface area contributed by atoms with Crippen molar-refractivity contribution in [2.45, 2.75) is 13.0 Å². The lowest BCUT2D eigenvalue weighted by Crippen LogP contribution is -2.29. The first-order valence-electron chi connectivity index (χ1n) is 4.39. The Bertz CT molecular complexity index is 580. The number of aromatic nitrogens is 5. The number of aromatic amines is 2. The molecule has 2 rings (SSSR count). The molecule has 0 aliphatic heterocycles. The molecule has 3 N–H and O–H groups in total. The molecule has 0 bridgehead atoms. The monoisotopic (exact) mass is 211 g/mol. The summed E-state index contributed by atoms with van der Waals surface area (Å²) in [5.41, 5.74) is -1.05. The Morgan fingerprint density at radius 1 is 1.33 bits per heavy atom. The zero-order chi connectivity index (χ0) is 10.8. The average molecular weight is 211 g/mol. The third-order valence-electron chi connectivity index (χ3n) is 1.98. The van der Waals surface area contributed by atoms with E-state index < -0.39 is 11.0 Å². The maximum Gasteiger partial charge on any atom is 0.312 e. The van der Waals surface area contributed by atoms with E-state index in [2.05, 4.69) is 20.5 Å². The predicted octanol–water partition coefficient (Wildman–Crippen LogP) is -1.81. The number of hydrogen-bond donors (Lipinski definition) is 3. The fourth-order valence-electron chi connectivity index (χ4n) is 1.28. The van der Waals surface area contributed by atoms with Crippen molar-refractivity contribution in [3.05, 3.63) is 20.6 Å². The van der Waals surface area contributed by atoms with Crippen molar-refractivity contribution in [2.75, 3.05) is 6.61 Å². The summed E-state index contributed by atoms with van der Waals surface area (Å²) in [7, 11) is 0. The number of H-pyrrole nitrogens is 2. The van der Waals surface area contributed by atoms with Crippen molar-refractivity contribution in [1.29, 1.82) is 0 Å². The summed E-state index contributed by atoms with van der Waals surface area (Å²) in [5, 5.41) is 20.6. The maximum atomic E-state index is 11.4. The first-order valence-corrected chi connectivity index (χ1v) is 4.39. The maximum absolute atomic E-state index is 11.4. The van der Waals surface area contributed by atoms with Crippen molar-refractivity contribution in [2.24, 2.45) is 0 Å². The smallest absolute Gasteiger partial charge is 0.312 e. The molecule has 0 radical (unpaired) electrons. The highest BCUT2D eigenvalue weighted by molar-refractivity contribution is 5.67. The van der Waals surface area contributed by atoms with Crippen LogP contribution in [-0.2, 0) is 6.54 Å². The van der Waals surface area contributed by atoms with Crippen molar-refractivity contribution in [3.63, 3.8) is 0 Å². The van der Waals surface area contributed by atoms with Gasteiger partial charge in [0, 0.05) is 13.2 Å². The number of rotatable bonds is 3.